The molecule has 3 N–H and O–H groups in total. The van der Waals surface area contributed by atoms with Crippen LogP contribution >= 0.6 is 0 Å². The van der Waals surface area contributed by atoms with E-state index in [0.717, 1.165) is 22.1 Å². The van der Waals surface area contributed by atoms with Crippen LogP contribution in [0.5, 0.6) is 5.75 Å². The minimum Gasteiger partial charge on any atom is -0.488 e. The van der Waals surface area contributed by atoms with Crippen molar-refractivity contribution in [3.8, 4) is 5.75 Å². The Morgan fingerprint density at radius 2 is 1.89 bits per heavy atom. The minimum atomic E-state index is -0.512. The molecule has 0 bridgehead atoms. The van der Waals surface area contributed by atoms with Gasteiger partial charge in [0, 0.05) is 12.1 Å². The van der Waals surface area contributed by atoms with Crippen LogP contribution in [0.25, 0.3) is 10.8 Å². The van der Waals surface area contributed by atoms with Gasteiger partial charge in [0.1, 0.15) is 11.9 Å². The Labute approximate surface area is 107 Å². The summed E-state index contributed by atoms with van der Waals surface area (Å²) in [6.45, 7) is 3.98. The fourth-order valence-corrected chi connectivity index (χ4v) is 1.94. The summed E-state index contributed by atoms with van der Waals surface area (Å²) in [4.78, 5) is 0. The quantitative estimate of drug-likeness (QED) is 0.870. The maximum atomic E-state index is 9.50. The van der Waals surface area contributed by atoms with Gasteiger partial charge in [-0.15, -0.1) is 0 Å². The van der Waals surface area contributed by atoms with Gasteiger partial charge in [0.2, 0.25) is 0 Å². The van der Waals surface area contributed by atoms with Crippen molar-refractivity contribution in [2.45, 2.75) is 32.6 Å². The molecule has 2 aromatic rings. The zero-order valence-corrected chi connectivity index (χ0v) is 10.8. The van der Waals surface area contributed by atoms with Gasteiger partial charge in [-0.05, 0) is 30.7 Å². The van der Waals surface area contributed by atoms with Crippen LogP contribution in [0.2, 0.25) is 0 Å². The molecule has 2 unspecified atom stereocenters. The van der Waals surface area contributed by atoms with Gasteiger partial charge in [-0.3, -0.25) is 0 Å². The number of rotatable bonds is 4. The average Bonchev–Trinajstić information content (AvgIpc) is 2.38. The monoisotopic (exact) mass is 245 g/mol. The third kappa shape index (κ3) is 2.47. The number of hydrogen-bond donors (Lipinski definition) is 2. The van der Waals surface area contributed by atoms with Crippen LogP contribution in [0.15, 0.2) is 36.4 Å². The number of benzene rings is 2. The molecule has 0 aliphatic carbocycles. The third-order valence-electron chi connectivity index (χ3n) is 3.19. The van der Waals surface area contributed by atoms with Crippen molar-refractivity contribution >= 4 is 10.8 Å². The molecule has 2 aromatic carbocycles. The van der Waals surface area contributed by atoms with Gasteiger partial charge in [0.05, 0.1) is 6.10 Å². The van der Waals surface area contributed by atoms with Crippen molar-refractivity contribution in [2.75, 3.05) is 0 Å². The summed E-state index contributed by atoms with van der Waals surface area (Å²) in [6.07, 6.45) is -0.765. The molecule has 0 fully saturated rings. The number of ether oxygens (including phenoxy) is 1. The fraction of sp³-hybridized carbons (Fsp3) is 0.333. The van der Waals surface area contributed by atoms with Gasteiger partial charge in [-0.25, -0.2) is 0 Å². The van der Waals surface area contributed by atoms with Crippen LogP contribution in [0.1, 0.15) is 19.4 Å². The van der Waals surface area contributed by atoms with Gasteiger partial charge in [0.25, 0.3) is 0 Å². The Bertz CT molecular complexity index is 537. The van der Waals surface area contributed by atoms with E-state index in [4.69, 9.17) is 10.5 Å². The summed E-state index contributed by atoms with van der Waals surface area (Å²) >= 11 is 0. The van der Waals surface area contributed by atoms with Crippen molar-refractivity contribution in [3.63, 3.8) is 0 Å². The van der Waals surface area contributed by atoms with Gasteiger partial charge in [-0.1, -0.05) is 30.3 Å². The second-order valence-corrected chi connectivity index (χ2v) is 4.53. The Hall–Kier alpha value is -1.58. The summed E-state index contributed by atoms with van der Waals surface area (Å²) in [5.74, 6) is 0.754. The molecule has 2 atom stereocenters. The maximum absolute atomic E-state index is 9.50. The van der Waals surface area contributed by atoms with Crippen molar-refractivity contribution in [2.24, 2.45) is 5.73 Å². The van der Waals surface area contributed by atoms with E-state index in [1.165, 1.54) is 0 Å². The molecule has 0 aromatic heterocycles. The van der Waals surface area contributed by atoms with Crippen molar-refractivity contribution in [1.29, 1.82) is 0 Å². The average molecular weight is 245 g/mol. The molecule has 0 heterocycles. The Morgan fingerprint density at radius 1 is 1.17 bits per heavy atom. The Kier molecular flexibility index (Phi) is 3.84. The summed E-state index contributed by atoms with van der Waals surface area (Å²) in [7, 11) is 0. The predicted molar refractivity (Wildman–Crippen MR) is 73.6 cm³/mol. The summed E-state index contributed by atoms with van der Waals surface area (Å²) < 4.78 is 5.78. The second kappa shape index (κ2) is 5.38. The molecule has 0 aliphatic heterocycles. The smallest absolute Gasteiger partial charge is 0.124 e. The number of hydrogen-bond acceptors (Lipinski definition) is 3. The molecule has 0 saturated heterocycles. The highest BCUT2D eigenvalue weighted by molar-refractivity contribution is 5.87. The zero-order valence-electron chi connectivity index (χ0n) is 10.8. The largest absolute Gasteiger partial charge is 0.488 e. The lowest BCUT2D eigenvalue weighted by molar-refractivity contribution is 0.0599. The van der Waals surface area contributed by atoms with Gasteiger partial charge < -0.3 is 15.6 Å². The van der Waals surface area contributed by atoms with Crippen molar-refractivity contribution in [1.82, 2.24) is 0 Å². The van der Waals surface area contributed by atoms with Crippen LogP contribution in [0.3, 0.4) is 0 Å². The van der Waals surface area contributed by atoms with Crippen LogP contribution in [0.4, 0.5) is 0 Å². The van der Waals surface area contributed by atoms with Gasteiger partial charge in [-0.2, -0.15) is 0 Å². The highest BCUT2D eigenvalue weighted by Gasteiger charge is 2.14. The van der Waals surface area contributed by atoms with E-state index in [1.807, 2.05) is 37.3 Å². The molecule has 3 heteroatoms. The molecule has 0 radical (unpaired) electrons. The van der Waals surface area contributed by atoms with Crippen LogP contribution in [-0.2, 0) is 6.54 Å². The molecule has 3 nitrogen and oxygen atoms in total. The van der Waals surface area contributed by atoms with E-state index in [1.54, 1.807) is 6.92 Å². The maximum Gasteiger partial charge on any atom is 0.124 e. The van der Waals surface area contributed by atoms with E-state index >= 15 is 0 Å². The van der Waals surface area contributed by atoms with Gasteiger partial charge in [0.15, 0.2) is 0 Å². The molecular weight excluding hydrogens is 226 g/mol. The van der Waals surface area contributed by atoms with E-state index < -0.39 is 6.10 Å². The van der Waals surface area contributed by atoms with Crippen LogP contribution in [-0.4, -0.2) is 17.3 Å². The number of aliphatic hydroxyl groups excluding tert-OH is 1. The SMILES string of the molecule is CC(O)C(C)Oc1ccc2ccccc2c1CN. The predicted octanol–water partition coefficient (Wildman–Crippen LogP) is 2.45. The molecule has 18 heavy (non-hydrogen) atoms. The van der Waals surface area contributed by atoms with E-state index in [2.05, 4.69) is 6.07 Å². The van der Waals surface area contributed by atoms with Gasteiger partial charge >= 0.3 is 0 Å². The molecule has 0 spiro atoms. The molecule has 0 saturated carbocycles. The number of aliphatic hydroxyl groups is 1. The highest BCUT2D eigenvalue weighted by atomic mass is 16.5. The number of fused-ring (bicyclic) bond motifs is 1. The first-order valence-electron chi connectivity index (χ1n) is 6.19. The zero-order chi connectivity index (χ0) is 13.1. The Morgan fingerprint density at radius 3 is 2.56 bits per heavy atom. The first kappa shape index (κ1) is 12.9. The third-order valence-corrected chi connectivity index (χ3v) is 3.19. The molecule has 2 rings (SSSR count). The summed E-state index contributed by atoms with van der Waals surface area (Å²) in [6, 6.07) is 12.0. The van der Waals surface area contributed by atoms with Crippen LogP contribution in [0, 0.1) is 0 Å². The summed E-state index contributed by atoms with van der Waals surface area (Å²) in [5, 5.41) is 11.8. The van der Waals surface area contributed by atoms with Crippen molar-refractivity contribution < 1.29 is 9.84 Å². The minimum absolute atomic E-state index is 0.253. The first-order valence-corrected chi connectivity index (χ1v) is 6.19. The lowest BCUT2D eigenvalue weighted by Gasteiger charge is -2.20. The molecule has 0 amide bonds. The molecular formula is C15H19NO2. The lowest BCUT2D eigenvalue weighted by atomic mass is 10.0. The van der Waals surface area contributed by atoms with Crippen molar-refractivity contribution in [3.05, 3.63) is 42.0 Å². The fourth-order valence-electron chi connectivity index (χ4n) is 1.94. The Balaban J connectivity index is 2.45. The molecule has 0 aliphatic rings. The first-order chi connectivity index (χ1) is 8.63. The topological polar surface area (TPSA) is 55.5 Å². The summed E-state index contributed by atoms with van der Waals surface area (Å²) in [5.41, 5.74) is 6.81. The molecule has 96 valence electrons. The lowest BCUT2D eigenvalue weighted by Crippen LogP contribution is -2.26. The van der Waals surface area contributed by atoms with Crippen LogP contribution < -0.4 is 10.5 Å². The second-order valence-electron chi connectivity index (χ2n) is 4.53. The van der Waals surface area contributed by atoms with E-state index in [9.17, 15) is 5.11 Å². The highest BCUT2D eigenvalue weighted by Crippen LogP contribution is 2.28. The normalized spacial score (nSPS) is 14.4. The van der Waals surface area contributed by atoms with E-state index in [-0.39, 0.29) is 6.10 Å². The standard InChI is InChI=1S/C15H19NO2/c1-10(17)11(2)18-15-8-7-12-5-3-4-6-13(12)14(15)9-16/h3-8,10-11,17H,9,16H2,1-2H3. The van der Waals surface area contributed by atoms with E-state index in [0.29, 0.717) is 6.54 Å². The number of nitrogens with two attached hydrogens (primary N) is 1.